The zero-order chi connectivity index (χ0) is 16.3. The van der Waals surface area contributed by atoms with Gasteiger partial charge in [-0.2, -0.15) is 0 Å². The van der Waals surface area contributed by atoms with E-state index < -0.39 is 5.97 Å². The monoisotopic (exact) mass is 302 g/mol. The first-order valence-electron chi connectivity index (χ1n) is 6.99. The molecule has 0 saturated heterocycles. The quantitative estimate of drug-likeness (QED) is 0.903. The van der Waals surface area contributed by atoms with E-state index in [4.69, 9.17) is 5.11 Å². The van der Waals surface area contributed by atoms with Crippen LogP contribution >= 0.6 is 0 Å². The lowest BCUT2D eigenvalue weighted by Crippen LogP contribution is -2.42. The summed E-state index contributed by atoms with van der Waals surface area (Å²) in [5, 5.41) is 9.45. The van der Waals surface area contributed by atoms with Gasteiger partial charge in [-0.15, -0.1) is 0 Å². The molecule has 1 aromatic carbocycles. The molecule has 1 amide bonds. The molecule has 1 heterocycles. The topological polar surface area (TPSA) is 79.6 Å². The number of carbonyl (C=O) groups is 2. The van der Waals surface area contributed by atoms with E-state index >= 15 is 0 Å². The Labute approximate surface area is 127 Å². The molecule has 0 atom stereocenters. The van der Waals surface area contributed by atoms with Gasteiger partial charge in [0.1, 0.15) is 13.1 Å². The van der Waals surface area contributed by atoms with E-state index in [0.29, 0.717) is 10.9 Å². The van der Waals surface area contributed by atoms with E-state index in [-0.39, 0.29) is 30.5 Å². The molecule has 0 bridgehead atoms. The van der Waals surface area contributed by atoms with Gasteiger partial charge in [0.2, 0.25) is 5.91 Å². The Hall–Kier alpha value is -2.63. The fourth-order valence-electron chi connectivity index (χ4n) is 2.34. The predicted octanol–water partition coefficient (Wildman–Crippen LogP) is 1.32. The van der Waals surface area contributed by atoms with Crippen molar-refractivity contribution < 1.29 is 14.7 Å². The van der Waals surface area contributed by atoms with Crippen LogP contribution in [-0.2, 0) is 16.1 Å². The number of para-hydroxylation sites is 1. The number of pyridine rings is 1. The zero-order valence-corrected chi connectivity index (χ0v) is 12.5. The molecule has 0 fully saturated rings. The van der Waals surface area contributed by atoms with Crippen LogP contribution in [0, 0.1) is 0 Å². The lowest BCUT2D eigenvalue weighted by molar-refractivity contribution is -0.146. The number of carbonyl (C=O) groups excluding carboxylic acids is 1. The Morgan fingerprint density at radius 3 is 2.55 bits per heavy atom. The first kappa shape index (κ1) is 15.8. The maximum absolute atomic E-state index is 12.4. The normalized spacial score (nSPS) is 10.9. The average Bonchev–Trinajstić information content (AvgIpc) is 2.47. The number of fused-ring (bicyclic) bond motifs is 1. The van der Waals surface area contributed by atoms with E-state index in [9.17, 15) is 14.4 Å². The lowest BCUT2D eigenvalue weighted by atomic mass is 10.2. The summed E-state index contributed by atoms with van der Waals surface area (Å²) in [6.45, 7) is 3.19. The van der Waals surface area contributed by atoms with E-state index in [2.05, 4.69) is 0 Å². The number of nitrogens with zero attached hydrogens (tertiary/aromatic N) is 2. The number of hydrogen-bond acceptors (Lipinski definition) is 3. The highest BCUT2D eigenvalue weighted by molar-refractivity contribution is 5.84. The summed E-state index contributed by atoms with van der Waals surface area (Å²) in [5.74, 6) is -1.35. The van der Waals surface area contributed by atoms with Gasteiger partial charge in [0.05, 0.1) is 5.52 Å². The van der Waals surface area contributed by atoms with Crippen LogP contribution in [-0.4, -0.2) is 39.0 Å². The first-order chi connectivity index (χ1) is 10.4. The molecule has 6 heteroatoms. The van der Waals surface area contributed by atoms with E-state index in [1.165, 1.54) is 11.0 Å². The van der Waals surface area contributed by atoms with Crippen molar-refractivity contribution in [1.82, 2.24) is 9.47 Å². The van der Waals surface area contributed by atoms with Crippen molar-refractivity contribution in [3.8, 4) is 0 Å². The van der Waals surface area contributed by atoms with Gasteiger partial charge in [-0.05, 0) is 26.0 Å². The van der Waals surface area contributed by atoms with Crippen molar-refractivity contribution in [3.63, 3.8) is 0 Å². The van der Waals surface area contributed by atoms with Crippen molar-refractivity contribution in [2.45, 2.75) is 26.4 Å². The molecule has 0 aliphatic rings. The second-order valence-electron chi connectivity index (χ2n) is 5.33. The van der Waals surface area contributed by atoms with Crippen LogP contribution in [0.4, 0.5) is 0 Å². The van der Waals surface area contributed by atoms with Crippen LogP contribution in [0.25, 0.3) is 10.9 Å². The van der Waals surface area contributed by atoms with Crippen LogP contribution in [0.5, 0.6) is 0 Å². The number of aromatic nitrogens is 1. The second kappa shape index (κ2) is 6.43. The molecule has 0 aliphatic heterocycles. The second-order valence-corrected chi connectivity index (χ2v) is 5.33. The highest BCUT2D eigenvalue weighted by Crippen LogP contribution is 2.10. The summed E-state index contributed by atoms with van der Waals surface area (Å²) < 4.78 is 1.66. The molecule has 2 aromatic rings. The minimum absolute atomic E-state index is 0.00769. The number of carboxylic acid groups (broad SMARTS) is 1. The number of aliphatic carboxylic acids is 1. The van der Waals surface area contributed by atoms with Crippen molar-refractivity contribution in [2.75, 3.05) is 6.54 Å². The molecule has 116 valence electrons. The zero-order valence-electron chi connectivity index (χ0n) is 12.5. The van der Waals surface area contributed by atoms with Crippen LogP contribution in [0.3, 0.4) is 0 Å². The fraction of sp³-hybridized carbons (Fsp3) is 0.312. The van der Waals surface area contributed by atoms with E-state index in [1.54, 1.807) is 48.9 Å². The van der Waals surface area contributed by atoms with Gasteiger partial charge >= 0.3 is 5.97 Å². The summed E-state index contributed by atoms with van der Waals surface area (Å²) in [6, 6.07) is 8.22. The maximum Gasteiger partial charge on any atom is 0.323 e. The summed E-state index contributed by atoms with van der Waals surface area (Å²) in [6.07, 6.45) is 1.56. The minimum atomic E-state index is -1.05. The predicted molar refractivity (Wildman–Crippen MR) is 82.7 cm³/mol. The van der Waals surface area contributed by atoms with Gasteiger partial charge in [-0.3, -0.25) is 14.4 Å². The van der Waals surface area contributed by atoms with Crippen molar-refractivity contribution in [3.05, 3.63) is 46.8 Å². The Morgan fingerprint density at radius 1 is 1.23 bits per heavy atom. The van der Waals surface area contributed by atoms with Gasteiger partial charge in [0, 0.05) is 23.7 Å². The molecule has 1 N–H and O–H groups in total. The Bertz CT molecular complexity index is 764. The summed E-state index contributed by atoms with van der Waals surface area (Å²) in [7, 11) is 0. The van der Waals surface area contributed by atoms with Crippen molar-refractivity contribution in [2.24, 2.45) is 0 Å². The number of amides is 1. The Balaban J connectivity index is 2.34. The first-order valence-corrected chi connectivity index (χ1v) is 6.99. The standard InChI is InChI=1S/C16H18N2O4/c1-11(2)18(10-16(21)22)15(20)9-17-8-7-14(19)12-5-3-4-6-13(12)17/h3-8,11H,9-10H2,1-2H3,(H,21,22). The fourth-order valence-corrected chi connectivity index (χ4v) is 2.34. The average molecular weight is 302 g/mol. The molecule has 0 unspecified atom stereocenters. The third kappa shape index (κ3) is 3.33. The third-order valence-corrected chi connectivity index (χ3v) is 3.44. The number of hydrogen-bond donors (Lipinski definition) is 1. The van der Waals surface area contributed by atoms with Gasteiger partial charge in [-0.1, -0.05) is 12.1 Å². The molecular formula is C16H18N2O4. The summed E-state index contributed by atoms with van der Waals surface area (Å²) in [4.78, 5) is 36.4. The van der Waals surface area contributed by atoms with E-state index in [0.717, 1.165) is 0 Å². The molecule has 2 rings (SSSR count). The highest BCUT2D eigenvalue weighted by Gasteiger charge is 2.20. The molecule has 0 spiro atoms. The maximum atomic E-state index is 12.4. The van der Waals surface area contributed by atoms with Crippen molar-refractivity contribution >= 4 is 22.8 Å². The lowest BCUT2D eigenvalue weighted by Gasteiger charge is -2.25. The summed E-state index contributed by atoms with van der Waals surface area (Å²) in [5.41, 5.74) is 0.549. The number of rotatable bonds is 5. The van der Waals surface area contributed by atoms with Gasteiger partial charge in [-0.25, -0.2) is 0 Å². The minimum Gasteiger partial charge on any atom is -0.480 e. The van der Waals surface area contributed by atoms with Crippen molar-refractivity contribution in [1.29, 1.82) is 0 Å². The highest BCUT2D eigenvalue weighted by atomic mass is 16.4. The number of benzene rings is 1. The van der Waals surface area contributed by atoms with Crippen LogP contribution in [0.2, 0.25) is 0 Å². The van der Waals surface area contributed by atoms with Crippen LogP contribution < -0.4 is 5.43 Å². The molecule has 0 aliphatic carbocycles. The molecule has 0 saturated carbocycles. The van der Waals surface area contributed by atoms with Gasteiger partial charge < -0.3 is 14.6 Å². The molecular weight excluding hydrogens is 284 g/mol. The third-order valence-electron chi connectivity index (χ3n) is 3.44. The van der Waals surface area contributed by atoms with Crippen LogP contribution in [0.1, 0.15) is 13.8 Å². The Morgan fingerprint density at radius 2 is 1.91 bits per heavy atom. The van der Waals surface area contributed by atoms with Crippen LogP contribution in [0.15, 0.2) is 41.3 Å². The number of carboxylic acids is 1. The van der Waals surface area contributed by atoms with Gasteiger partial charge in [0.15, 0.2) is 5.43 Å². The molecule has 22 heavy (non-hydrogen) atoms. The smallest absolute Gasteiger partial charge is 0.323 e. The largest absolute Gasteiger partial charge is 0.480 e. The SMILES string of the molecule is CC(C)N(CC(=O)O)C(=O)Cn1ccc(=O)c2ccccc21. The molecule has 6 nitrogen and oxygen atoms in total. The van der Waals surface area contributed by atoms with Gasteiger partial charge in [0.25, 0.3) is 0 Å². The molecule has 1 aromatic heterocycles. The summed E-state index contributed by atoms with van der Waals surface area (Å²) >= 11 is 0. The molecule has 0 radical (unpaired) electrons. The Kier molecular flexibility index (Phi) is 4.60. The van der Waals surface area contributed by atoms with E-state index in [1.807, 2.05) is 0 Å².